The van der Waals surface area contributed by atoms with Crippen LogP contribution >= 0.6 is 11.3 Å². The number of carbonyl (C=O) groups excluding carboxylic acids is 2. The first-order valence-electron chi connectivity index (χ1n) is 12.9. The molecule has 2 aromatic rings. The van der Waals surface area contributed by atoms with E-state index in [9.17, 15) is 20.0 Å². The summed E-state index contributed by atoms with van der Waals surface area (Å²) >= 11 is 1.41. The van der Waals surface area contributed by atoms with Crippen LogP contribution in [0.3, 0.4) is 0 Å². The van der Waals surface area contributed by atoms with Gasteiger partial charge in [-0.25, -0.2) is 4.79 Å². The maximum Gasteiger partial charge on any atom is 0.410 e. The number of nitrogens with one attached hydrogen (secondary N) is 1. The van der Waals surface area contributed by atoms with Crippen molar-refractivity contribution >= 4 is 23.3 Å². The molecule has 2 radical (unpaired) electrons. The predicted molar refractivity (Wildman–Crippen MR) is 146 cm³/mol. The zero-order valence-electron chi connectivity index (χ0n) is 23.9. The van der Waals surface area contributed by atoms with E-state index in [4.69, 9.17) is 4.74 Å². The molecule has 8 nitrogen and oxygen atoms in total. The molecule has 1 unspecified atom stereocenters. The quantitative estimate of drug-likeness (QED) is 0.375. The molecule has 0 saturated heterocycles. The Morgan fingerprint density at radius 1 is 1.11 bits per heavy atom. The van der Waals surface area contributed by atoms with E-state index in [0.29, 0.717) is 35.5 Å². The van der Waals surface area contributed by atoms with Gasteiger partial charge < -0.3 is 24.9 Å². The van der Waals surface area contributed by atoms with Crippen molar-refractivity contribution in [1.29, 1.82) is 0 Å². The molecule has 2 N–H and O–H groups in total. The Kier molecular flexibility index (Phi) is 8.56. The van der Waals surface area contributed by atoms with Crippen LogP contribution in [0.15, 0.2) is 12.1 Å². The number of rotatable bonds is 5. The lowest BCUT2D eigenvalue weighted by atomic mass is 9.74. The van der Waals surface area contributed by atoms with Crippen molar-refractivity contribution in [3.05, 3.63) is 50.2 Å². The number of hydrogen-bond donors (Lipinski definition) is 2. The van der Waals surface area contributed by atoms with Crippen LogP contribution in [0.5, 0.6) is 5.75 Å². The molecule has 0 saturated carbocycles. The van der Waals surface area contributed by atoms with Crippen LogP contribution in [0.2, 0.25) is 0 Å². The van der Waals surface area contributed by atoms with Crippen LogP contribution in [0.25, 0.3) is 0 Å². The van der Waals surface area contributed by atoms with E-state index in [1.54, 1.807) is 11.0 Å². The van der Waals surface area contributed by atoms with Gasteiger partial charge in [-0.05, 0) is 72.4 Å². The second-order valence-electron chi connectivity index (χ2n) is 12.9. The van der Waals surface area contributed by atoms with Gasteiger partial charge in [0.25, 0.3) is 5.91 Å². The molecule has 1 aliphatic rings. The number of aliphatic hydroxyl groups excluding tert-OH is 1. The summed E-state index contributed by atoms with van der Waals surface area (Å²) in [7, 11) is 0. The van der Waals surface area contributed by atoms with Gasteiger partial charge in [0.15, 0.2) is 5.75 Å². The summed E-state index contributed by atoms with van der Waals surface area (Å²) < 4.78 is 5.49. The highest BCUT2D eigenvalue weighted by Gasteiger charge is 2.32. The first kappa shape index (κ1) is 29.9. The van der Waals surface area contributed by atoms with E-state index in [0.717, 1.165) is 16.0 Å². The highest BCUT2D eigenvalue weighted by Crippen LogP contribution is 2.40. The van der Waals surface area contributed by atoms with Crippen LogP contribution in [-0.4, -0.2) is 40.7 Å². The number of ether oxygens (including phenoxy) is 1. The van der Waals surface area contributed by atoms with E-state index in [1.807, 2.05) is 68.4 Å². The minimum absolute atomic E-state index is 0.0109. The number of amides is 2. The lowest BCUT2D eigenvalue weighted by Gasteiger charge is -2.32. The van der Waals surface area contributed by atoms with Gasteiger partial charge in [-0.3, -0.25) is 4.79 Å². The van der Waals surface area contributed by atoms with Crippen molar-refractivity contribution in [2.75, 3.05) is 13.1 Å². The average molecular weight is 545 g/mol. The maximum atomic E-state index is 13.1. The lowest BCUT2D eigenvalue weighted by molar-refractivity contribution is -0.209. The second kappa shape index (κ2) is 10.9. The Hall–Kier alpha value is -2.62. The lowest BCUT2D eigenvalue weighted by Crippen LogP contribution is -2.39. The number of fused-ring (bicyclic) bond motifs is 1. The van der Waals surface area contributed by atoms with Gasteiger partial charge >= 0.3 is 6.09 Å². The number of benzene rings is 1. The zero-order chi connectivity index (χ0) is 28.6. The van der Waals surface area contributed by atoms with Crippen molar-refractivity contribution in [2.45, 2.75) is 97.8 Å². The fourth-order valence-electron chi connectivity index (χ4n) is 4.48. The highest BCUT2D eigenvalue weighted by atomic mass is 32.1. The molecule has 208 valence electrons. The summed E-state index contributed by atoms with van der Waals surface area (Å²) in [6.45, 7) is 18.3. The number of aliphatic hydroxyl groups is 1. The van der Waals surface area contributed by atoms with Crippen molar-refractivity contribution < 1.29 is 29.6 Å². The molecule has 9 heteroatoms. The largest absolute Gasteiger partial charge is 0.444 e. The molecule has 0 aliphatic carbocycles. The predicted octanol–water partition coefficient (Wildman–Crippen LogP) is 5.62. The van der Waals surface area contributed by atoms with Crippen LogP contribution in [-0.2, 0) is 33.8 Å². The van der Waals surface area contributed by atoms with Gasteiger partial charge in [0.2, 0.25) is 0 Å². The third-order valence-corrected chi connectivity index (χ3v) is 7.50. The SMILES string of the molecule is CC(C)(C)OC(=O)N1CCc2sc(C(=O)NCC(O)c3c(C(C)(C)C)[c]c(O[O])cc3C(C)(C)C)cc2C1. The summed E-state index contributed by atoms with van der Waals surface area (Å²) in [4.78, 5) is 33.1. The first-order chi connectivity index (χ1) is 17.4. The highest BCUT2D eigenvalue weighted by molar-refractivity contribution is 7.14. The Morgan fingerprint density at radius 3 is 2.32 bits per heavy atom. The Labute approximate surface area is 229 Å². The summed E-state index contributed by atoms with van der Waals surface area (Å²) in [5.74, 6) is -0.213. The molecule has 1 aliphatic heterocycles. The fraction of sp³-hybridized carbons (Fsp3) is 0.586. The van der Waals surface area contributed by atoms with Gasteiger partial charge in [0, 0.05) is 29.3 Å². The normalized spacial score (nSPS) is 15.1. The number of carbonyl (C=O) groups is 2. The molecule has 1 aromatic carbocycles. The first-order valence-corrected chi connectivity index (χ1v) is 13.7. The van der Waals surface area contributed by atoms with Crippen molar-refractivity contribution in [3.63, 3.8) is 0 Å². The molecule has 2 amide bonds. The minimum Gasteiger partial charge on any atom is -0.444 e. The van der Waals surface area contributed by atoms with E-state index >= 15 is 0 Å². The van der Waals surface area contributed by atoms with E-state index in [2.05, 4.69) is 16.3 Å². The summed E-state index contributed by atoms with van der Waals surface area (Å²) in [6, 6.07) is 6.46. The molecule has 1 atom stereocenters. The van der Waals surface area contributed by atoms with Crippen LogP contribution < -0.4 is 10.2 Å². The summed E-state index contributed by atoms with van der Waals surface area (Å²) in [5.41, 5.74) is 1.62. The summed E-state index contributed by atoms with van der Waals surface area (Å²) in [5, 5.41) is 25.4. The smallest absolute Gasteiger partial charge is 0.410 e. The Balaban J connectivity index is 1.78. The van der Waals surface area contributed by atoms with Gasteiger partial charge in [-0.1, -0.05) is 41.5 Å². The van der Waals surface area contributed by atoms with Crippen LogP contribution in [0, 0.1) is 6.07 Å². The fourth-order valence-corrected chi connectivity index (χ4v) is 5.56. The van der Waals surface area contributed by atoms with E-state index in [-0.39, 0.29) is 24.3 Å². The van der Waals surface area contributed by atoms with Gasteiger partial charge in [-0.15, -0.1) is 11.3 Å². The second-order valence-corrected chi connectivity index (χ2v) is 14.0. The Bertz CT molecular complexity index is 1150. The third-order valence-electron chi connectivity index (χ3n) is 6.26. The zero-order valence-corrected chi connectivity index (χ0v) is 24.7. The maximum absolute atomic E-state index is 13.1. The van der Waals surface area contributed by atoms with Gasteiger partial charge in [0.05, 0.1) is 17.5 Å². The van der Waals surface area contributed by atoms with Crippen molar-refractivity contribution in [2.24, 2.45) is 0 Å². The van der Waals surface area contributed by atoms with Gasteiger partial charge in [0.1, 0.15) is 5.60 Å². The molecule has 0 spiro atoms. The van der Waals surface area contributed by atoms with Crippen LogP contribution in [0.4, 0.5) is 4.79 Å². The molecular weight excluding hydrogens is 504 g/mol. The number of hydrogen-bond acceptors (Lipinski definition) is 6. The molecular formula is C29H40N2O6S. The number of thiophene rings is 1. The summed E-state index contributed by atoms with van der Waals surface area (Å²) in [6.07, 6.45) is -0.724. The van der Waals surface area contributed by atoms with E-state index in [1.165, 1.54) is 11.3 Å². The van der Waals surface area contributed by atoms with Gasteiger partial charge in [-0.2, -0.15) is 0 Å². The minimum atomic E-state index is -1.02. The average Bonchev–Trinajstić information content (AvgIpc) is 3.22. The molecule has 38 heavy (non-hydrogen) atoms. The van der Waals surface area contributed by atoms with Crippen molar-refractivity contribution in [1.82, 2.24) is 10.2 Å². The standard InChI is InChI=1S/C29H40N2O6S/c1-27(2,3)19-13-18(37-35)14-20(28(4,5)6)24(19)21(32)15-30-25(33)23-12-17-16-31(11-10-22(17)38-23)26(34)36-29(7,8)9/h12-13,21,32H,10-11,15-16H2,1-9H3,(H,30,33). The molecule has 1 aromatic heterocycles. The monoisotopic (exact) mass is 544 g/mol. The topological polar surface area (TPSA) is 108 Å². The van der Waals surface area contributed by atoms with Crippen LogP contribution in [0.1, 0.15) is 105 Å². The third kappa shape index (κ3) is 7.07. The molecule has 2 heterocycles. The molecule has 0 fully saturated rings. The molecule has 3 rings (SSSR count). The van der Waals surface area contributed by atoms with E-state index < -0.39 is 22.5 Å². The van der Waals surface area contributed by atoms with Crippen molar-refractivity contribution in [3.8, 4) is 5.75 Å². The number of nitrogens with zero attached hydrogens (tertiary/aromatic N) is 1. The Morgan fingerprint density at radius 2 is 1.76 bits per heavy atom. The molecule has 0 bridgehead atoms.